The van der Waals surface area contributed by atoms with Gasteiger partial charge in [-0.05, 0) is 31.9 Å². The average Bonchev–Trinajstić information content (AvgIpc) is 2.96. The molecule has 1 heterocycles. The molecule has 0 aromatic heterocycles. The average molecular weight is 319 g/mol. The Balaban J connectivity index is 1.86. The predicted octanol–water partition coefficient (Wildman–Crippen LogP) is 0.827. The van der Waals surface area contributed by atoms with Crippen molar-refractivity contribution in [3.63, 3.8) is 0 Å². The molecule has 0 saturated carbocycles. The Labute approximate surface area is 135 Å². The molecule has 0 aliphatic carbocycles. The van der Waals surface area contributed by atoms with Gasteiger partial charge in [0.25, 0.3) is 0 Å². The molecule has 2 rings (SSSR count). The number of carbonyl (C=O) groups is 3. The van der Waals surface area contributed by atoms with E-state index in [-0.39, 0.29) is 19.1 Å². The number of esters is 1. The quantitative estimate of drug-likeness (QED) is 0.787. The number of para-hydroxylation sites is 1. The zero-order valence-corrected chi connectivity index (χ0v) is 13.3. The van der Waals surface area contributed by atoms with Crippen molar-refractivity contribution in [3.8, 4) is 0 Å². The van der Waals surface area contributed by atoms with Crippen LogP contribution in [0.1, 0.15) is 19.4 Å². The summed E-state index contributed by atoms with van der Waals surface area (Å²) in [5, 5.41) is 4.90. The van der Waals surface area contributed by atoms with Gasteiger partial charge in [-0.15, -0.1) is 0 Å². The first-order valence-corrected chi connectivity index (χ1v) is 7.62. The van der Waals surface area contributed by atoms with E-state index >= 15 is 0 Å². The van der Waals surface area contributed by atoms with Gasteiger partial charge in [0, 0.05) is 12.2 Å². The maximum Gasteiger partial charge on any atom is 0.325 e. The fourth-order valence-corrected chi connectivity index (χ4v) is 2.47. The van der Waals surface area contributed by atoms with Crippen LogP contribution in [0.3, 0.4) is 0 Å². The maximum absolute atomic E-state index is 12.5. The van der Waals surface area contributed by atoms with Crippen molar-refractivity contribution in [1.29, 1.82) is 0 Å². The van der Waals surface area contributed by atoms with Crippen molar-refractivity contribution in [3.05, 3.63) is 29.8 Å². The second-order valence-electron chi connectivity index (χ2n) is 5.22. The molecule has 1 aliphatic heterocycles. The van der Waals surface area contributed by atoms with Crippen LogP contribution < -0.4 is 15.5 Å². The molecule has 124 valence electrons. The van der Waals surface area contributed by atoms with Gasteiger partial charge in [-0.1, -0.05) is 18.2 Å². The van der Waals surface area contributed by atoms with Crippen LogP contribution in [-0.2, 0) is 20.7 Å². The lowest BCUT2D eigenvalue weighted by Gasteiger charge is -2.22. The van der Waals surface area contributed by atoms with E-state index in [1.165, 1.54) is 0 Å². The summed E-state index contributed by atoms with van der Waals surface area (Å²) >= 11 is 0. The molecule has 0 spiro atoms. The second kappa shape index (κ2) is 7.62. The minimum absolute atomic E-state index is 0.179. The standard InChI is InChI=1S/C16H21N3O4/c1-3-23-14(20)10-17-16(22)18-11(2)15(21)19-9-8-12-6-4-5-7-13(12)19/h4-7,11H,3,8-10H2,1-2H3,(H2,17,18,22)/t11-/m0/s1. The summed E-state index contributed by atoms with van der Waals surface area (Å²) in [5.74, 6) is -0.698. The van der Waals surface area contributed by atoms with E-state index in [2.05, 4.69) is 10.6 Å². The zero-order chi connectivity index (χ0) is 16.8. The highest BCUT2D eigenvalue weighted by Crippen LogP contribution is 2.27. The number of hydrogen-bond acceptors (Lipinski definition) is 4. The topological polar surface area (TPSA) is 87.7 Å². The molecule has 2 N–H and O–H groups in total. The lowest BCUT2D eigenvalue weighted by atomic mass is 10.2. The molecule has 0 fully saturated rings. The molecule has 1 aromatic rings. The SMILES string of the molecule is CCOC(=O)CNC(=O)N[C@@H](C)C(=O)N1CCc2ccccc21. The number of amides is 3. The molecule has 0 saturated heterocycles. The van der Waals surface area contributed by atoms with Gasteiger partial charge in [0.2, 0.25) is 5.91 Å². The minimum Gasteiger partial charge on any atom is -0.465 e. The van der Waals surface area contributed by atoms with Crippen molar-refractivity contribution < 1.29 is 19.1 Å². The van der Waals surface area contributed by atoms with Crippen molar-refractivity contribution in [2.75, 3.05) is 24.6 Å². The van der Waals surface area contributed by atoms with Crippen LogP contribution in [0.2, 0.25) is 0 Å². The molecule has 1 aromatic carbocycles. The van der Waals surface area contributed by atoms with Gasteiger partial charge < -0.3 is 20.3 Å². The molecule has 1 atom stereocenters. The predicted molar refractivity (Wildman–Crippen MR) is 85.1 cm³/mol. The molecule has 3 amide bonds. The first-order valence-electron chi connectivity index (χ1n) is 7.62. The molecule has 0 radical (unpaired) electrons. The Hall–Kier alpha value is -2.57. The highest BCUT2D eigenvalue weighted by molar-refractivity contribution is 6.00. The van der Waals surface area contributed by atoms with Crippen LogP contribution in [-0.4, -0.2) is 43.6 Å². The number of nitrogens with zero attached hydrogens (tertiary/aromatic N) is 1. The van der Waals surface area contributed by atoms with Crippen LogP contribution >= 0.6 is 0 Å². The highest BCUT2D eigenvalue weighted by atomic mass is 16.5. The molecule has 0 bridgehead atoms. The fourth-order valence-electron chi connectivity index (χ4n) is 2.47. The summed E-state index contributed by atoms with van der Waals surface area (Å²) in [5.41, 5.74) is 2.01. The Morgan fingerprint density at radius 2 is 2.04 bits per heavy atom. The van der Waals surface area contributed by atoms with Gasteiger partial charge in [-0.3, -0.25) is 9.59 Å². The van der Waals surface area contributed by atoms with E-state index < -0.39 is 18.0 Å². The summed E-state index contributed by atoms with van der Waals surface area (Å²) in [4.78, 5) is 37.0. The monoisotopic (exact) mass is 319 g/mol. The van der Waals surface area contributed by atoms with E-state index in [4.69, 9.17) is 4.74 Å². The Morgan fingerprint density at radius 1 is 1.30 bits per heavy atom. The van der Waals surface area contributed by atoms with Gasteiger partial charge in [0.05, 0.1) is 6.61 Å². The summed E-state index contributed by atoms with van der Waals surface area (Å²) in [6, 6.07) is 6.45. The fraction of sp³-hybridized carbons (Fsp3) is 0.438. The van der Waals surface area contributed by atoms with Gasteiger partial charge >= 0.3 is 12.0 Å². The molecule has 7 heteroatoms. The van der Waals surface area contributed by atoms with E-state index in [9.17, 15) is 14.4 Å². The van der Waals surface area contributed by atoms with E-state index in [0.29, 0.717) is 6.54 Å². The number of carbonyl (C=O) groups excluding carboxylic acids is 3. The molecular weight excluding hydrogens is 298 g/mol. The number of rotatable bonds is 5. The van der Waals surface area contributed by atoms with Crippen molar-refractivity contribution >= 4 is 23.6 Å². The number of anilines is 1. The maximum atomic E-state index is 12.5. The van der Waals surface area contributed by atoms with E-state index in [0.717, 1.165) is 17.7 Å². The summed E-state index contributed by atoms with van der Waals surface area (Å²) in [6.45, 7) is 3.94. The first-order chi connectivity index (χ1) is 11.0. The molecule has 0 unspecified atom stereocenters. The number of nitrogens with one attached hydrogen (secondary N) is 2. The minimum atomic E-state index is -0.691. The number of urea groups is 1. The Kier molecular flexibility index (Phi) is 5.56. The van der Waals surface area contributed by atoms with Gasteiger partial charge in [0.15, 0.2) is 0 Å². The molecule has 1 aliphatic rings. The number of fused-ring (bicyclic) bond motifs is 1. The van der Waals surface area contributed by atoms with Crippen LogP contribution in [0.15, 0.2) is 24.3 Å². The zero-order valence-electron chi connectivity index (χ0n) is 13.3. The first kappa shape index (κ1) is 16.8. The lowest BCUT2D eigenvalue weighted by Crippen LogP contribution is -2.50. The second-order valence-corrected chi connectivity index (χ2v) is 5.22. The molecular formula is C16H21N3O4. The summed E-state index contributed by atoms with van der Waals surface area (Å²) in [6.07, 6.45) is 0.809. The Bertz CT molecular complexity index is 603. The lowest BCUT2D eigenvalue weighted by molar-refractivity contribution is -0.141. The van der Waals surface area contributed by atoms with Crippen LogP contribution in [0.4, 0.5) is 10.5 Å². The largest absolute Gasteiger partial charge is 0.465 e. The number of ether oxygens (including phenoxy) is 1. The number of hydrogen-bond donors (Lipinski definition) is 2. The number of benzene rings is 1. The third-order valence-electron chi connectivity index (χ3n) is 3.57. The van der Waals surface area contributed by atoms with Crippen molar-refractivity contribution in [1.82, 2.24) is 10.6 Å². The smallest absolute Gasteiger partial charge is 0.325 e. The summed E-state index contributed by atoms with van der Waals surface area (Å²) in [7, 11) is 0. The highest BCUT2D eigenvalue weighted by Gasteiger charge is 2.28. The molecule has 7 nitrogen and oxygen atoms in total. The van der Waals surface area contributed by atoms with E-state index in [1.54, 1.807) is 18.7 Å². The van der Waals surface area contributed by atoms with Crippen molar-refractivity contribution in [2.45, 2.75) is 26.3 Å². The molecule has 23 heavy (non-hydrogen) atoms. The van der Waals surface area contributed by atoms with E-state index in [1.807, 2.05) is 24.3 Å². The van der Waals surface area contributed by atoms with Crippen molar-refractivity contribution in [2.24, 2.45) is 0 Å². The Morgan fingerprint density at radius 3 is 2.78 bits per heavy atom. The normalized spacial score (nSPS) is 13.9. The van der Waals surface area contributed by atoms with Crippen LogP contribution in [0, 0.1) is 0 Å². The summed E-state index contributed by atoms with van der Waals surface area (Å²) < 4.78 is 4.71. The van der Waals surface area contributed by atoms with Gasteiger partial charge in [-0.2, -0.15) is 0 Å². The van der Waals surface area contributed by atoms with Crippen LogP contribution in [0.5, 0.6) is 0 Å². The third kappa shape index (κ3) is 4.21. The van der Waals surface area contributed by atoms with Gasteiger partial charge in [0.1, 0.15) is 12.6 Å². The third-order valence-corrected chi connectivity index (χ3v) is 3.57. The van der Waals surface area contributed by atoms with Gasteiger partial charge in [-0.25, -0.2) is 4.79 Å². The van der Waals surface area contributed by atoms with Crippen LogP contribution in [0.25, 0.3) is 0 Å².